The fraction of sp³-hybridized carbons (Fsp3) is 0.167. The van der Waals surface area contributed by atoms with Crippen molar-refractivity contribution in [2.45, 2.75) is 13.3 Å². The van der Waals surface area contributed by atoms with E-state index in [0.717, 1.165) is 12.1 Å². The Labute approximate surface area is 88.2 Å². The highest BCUT2D eigenvalue weighted by Gasteiger charge is 1.98. The highest BCUT2D eigenvalue weighted by atomic mass is 32.1. The second-order valence-electron chi connectivity index (χ2n) is 3.48. The van der Waals surface area contributed by atoms with Crippen LogP contribution in [0.2, 0.25) is 0 Å². The maximum Gasteiger partial charge on any atom is 0.0314 e. The minimum absolute atomic E-state index is 0.829. The zero-order valence-corrected chi connectivity index (χ0v) is 8.97. The minimum atomic E-state index is 0.829. The molecule has 1 heterocycles. The first-order chi connectivity index (χ1) is 6.74. The van der Waals surface area contributed by atoms with Gasteiger partial charge < -0.3 is 5.73 Å². The summed E-state index contributed by atoms with van der Waals surface area (Å²) < 4.78 is 0. The first kappa shape index (κ1) is 9.28. The standard InChI is InChI=1S/C12H13NS/c1-9-6-11(8-14-9)7-10-2-4-12(13)5-3-10/h2-6,8H,7,13H2,1H3. The summed E-state index contributed by atoms with van der Waals surface area (Å²) >= 11 is 1.80. The lowest BCUT2D eigenvalue weighted by Crippen LogP contribution is -1.87. The molecule has 0 bridgehead atoms. The van der Waals surface area contributed by atoms with Crippen molar-refractivity contribution >= 4 is 17.0 Å². The van der Waals surface area contributed by atoms with Crippen LogP contribution in [0.15, 0.2) is 35.7 Å². The van der Waals surface area contributed by atoms with Gasteiger partial charge in [0.25, 0.3) is 0 Å². The summed E-state index contributed by atoms with van der Waals surface area (Å²) in [6.07, 6.45) is 1.00. The Hall–Kier alpha value is -1.28. The number of rotatable bonds is 2. The Kier molecular flexibility index (Phi) is 2.55. The van der Waals surface area contributed by atoms with Gasteiger partial charge in [-0.05, 0) is 48.1 Å². The normalized spacial score (nSPS) is 10.4. The molecule has 0 spiro atoms. The molecule has 0 radical (unpaired) electrons. The highest BCUT2D eigenvalue weighted by molar-refractivity contribution is 7.10. The molecule has 0 aliphatic carbocycles. The molecular weight excluding hydrogens is 190 g/mol. The number of nitrogen functional groups attached to an aromatic ring is 1. The van der Waals surface area contributed by atoms with E-state index in [1.807, 2.05) is 12.1 Å². The topological polar surface area (TPSA) is 26.0 Å². The van der Waals surface area contributed by atoms with Crippen LogP contribution in [0.4, 0.5) is 5.69 Å². The van der Waals surface area contributed by atoms with Crippen LogP contribution in [0, 0.1) is 6.92 Å². The van der Waals surface area contributed by atoms with Gasteiger partial charge in [-0.15, -0.1) is 11.3 Å². The molecule has 0 aliphatic heterocycles. The van der Waals surface area contributed by atoms with E-state index in [2.05, 4.69) is 30.5 Å². The largest absolute Gasteiger partial charge is 0.399 e. The number of aryl methyl sites for hydroxylation is 1. The molecular formula is C12H13NS. The first-order valence-corrected chi connectivity index (χ1v) is 5.50. The van der Waals surface area contributed by atoms with Gasteiger partial charge in [-0.2, -0.15) is 0 Å². The van der Waals surface area contributed by atoms with E-state index < -0.39 is 0 Å². The summed E-state index contributed by atoms with van der Waals surface area (Å²) in [6, 6.07) is 10.3. The molecule has 2 heteroatoms. The molecule has 0 saturated carbocycles. The average molecular weight is 203 g/mol. The molecule has 2 aromatic rings. The van der Waals surface area contributed by atoms with E-state index in [9.17, 15) is 0 Å². The monoisotopic (exact) mass is 203 g/mol. The summed E-state index contributed by atoms with van der Waals surface area (Å²) in [7, 11) is 0. The SMILES string of the molecule is Cc1cc(Cc2ccc(N)cc2)cs1. The van der Waals surface area contributed by atoms with Gasteiger partial charge in [0.05, 0.1) is 0 Å². The van der Waals surface area contributed by atoms with Gasteiger partial charge in [-0.25, -0.2) is 0 Å². The van der Waals surface area contributed by atoms with Gasteiger partial charge in [0.1, 0.15) is 0 Å². The zero-order valence-electron chi connectivity index (χ0n) is 8.16. The molecule has 1 nitrogen and oxygen atoms in total. The van der Waals surface area contributed by atoms with Gasteiger partial charge in [0.2, 0.25) is 0 Å². The predicted octanol–water partition coefficient (Wildman–Crippen LogP) is 3.23. The van der Waals surface area contributed by atoms with Crippen molar-refractivity contribution in [1.29, 1.82) is 0 Å². The summed E-state index contributed by atoms with van der Waals surface area (Å²) in [5.41, 5.74) is 9.16. The first-order valence-electron chi connectivity index (χ1n) is 4.62. The van der Waals surface area contributed by atoms with Crippen LogP contribution < -0.4 is 5.73 Å². The second-order valence-corrected chi connectivity index (χ2v) is 4.60. The van der Waals surface area contributed by atoms with Crippen molar-refractivity contribution < 1.29 is 0 Å². The average Bonchev–Trinajstić information content (AvgIpc) is 2.56. The van der Waals surface area contributed by atoms with Crippen molar-refractivity contribution in [2.24, 2.45) is 0 Å². The lowest BCUT2D eigenvalue weighted by molar-refractivity contribution is 1.21. The fourth-order valence-electron chi connectivity index (χ4n) is 1.46. The summed E-state index contributed by atoms with van der Waals surface area (Å²) in [4.78, 5) is 1.37. The molecule has 0 unspecified atom stereocenters. The molecule has 1 aromatic carbocycles. The van der Waals surface area contributed by atoms with Crippen molar-refractivity contribution in [3.8, 4) is 0 Å². The van der Waals surface area contributed by atoms with Crippen LogP contribution in [0.1, 0.15) is 16.0 Å². The third-order valence-electron chi connectivity index (χ3n) is 2.17. The number of nitrogens with two attached hydrogens (primary N) is 1. The van der Waals surface area contributed by atoms with Gasteiger partial charge in [0, 0.05) is 10.6 Å². The Balaban J connectivity index is 2.15. The number of hydrogen-bond donors (Lipinski definition) is 1. The molecule has 14 heavy (non-hydrogen) atoms. The Bertz CT molecular complexity index is 414. The Morgan fingerprint density at radius 2 is 1.86 bits per heavy atom. The summed E-state index contributed by atoms with van der Waals surface area (Å²) in [5.74, 6) is 0. The fourth-order valence-corrected chi connectivity index (χ4v) is 2.17. The second kappa shape index (κ2) is 3.84. The number of hydrogen-bond acceptors (Lipinski definition) is 2. The van der Waals surface area contributed by atoms with Crippen molar-refractivity contribution in [3.05, 3.63) is 51.7 Å². The number of thiophene rings is 1. The van der Waals surface area contributed by atoms with Crippen molar-refractivity contribution in [2.75, 3.05) is 5.73 Å². The van der Waals surface area contributed by atoms with Crippen LogP contribution in [0.5, 0.6) is 0 Å². The zero-order chi connectivity index (χ0) is 9.97. The molecule has 0 fully saturated rings. The molecule has 0 saturated heterocycles. The molecule has 0 amide bonds. The van der Waals surface area contributed by atoms with Crippen LogP contribution in [0.3, 0.4) is 0 Å². The molecule has 1 aromatic heterocycles. The van der Waals surface area contributed by atoms with E-state index >= 15 is 0 Å². The van der Waals surface area contributed by atoms with E-state index in [0.29, 0.717) is 0 Å². The smallest absolute Gasteiger partial charge is 0.0314 e. The van der Waals surface area contributed by atoms with Crippen molar-refractivity contribution in [1.82, 2.24) is 0 Å². The molecule has 0 aliphatic rings. The van der Waals surface area contributed by atoms with Gasteiger partial charge in [-0.3, -0.25) is 0 Å². The molecule has 2 N–H and O–H groups in total. The quantitative estimate of drug-likeness (QED) is 0.745. The third kappa shape index (κ3) is 2.15. The molecule has 72 valence electrons. The Morgan fingerprint density at radius 1 is 1.14 bits per heavy atom. The molecule has 2 rings (SSSR count). The molecule has 0 atom stereocenters. The maximum absolute atomic E-state index is 5.63. The van der Waals surface area contributed by atoms with Gasteiger partial charge in [-0.1, -0.05) is 12.1 Å². The number of anilines is 1. The van der Waals surface area contributed by atoms with Crippen LogP contribution in [-0.2, 0) is 6.42 Å². The van der Waals surface area contributed by atoms with Gasteiger partial charge in [0.15, 0.2) is 0 Å². The summed E-state index contributed by atoms with van der Waals surface area (Å²) in [6.45, 7) is 2.14. The third-order valence-corrected chi connectivity index (χ3v) is 3.08. The van der Waals surface area contributed by atoms with Gasteiger partial charge >= 0.3 is 0 Å². The number of benzene rings is 1. The Morgan fingerprint density at radius 3 is 2.43 bits per heavy atom. The van der Waals surface area contributed by atoms with E-state index in [1.165, 1.54) is 16.0 Å². The highest BCUT2D eigenvalue weighted by Crippen LogP contribution is 2.17. The van der Waals surface area contributed by atoms with Crippen LogP contribution in [-0.4, -0.2) is 0 Å². The summed E-state index contributed by atoms with van der Waals surface area (Å²) in [5, 5.41) is 2.21. The van der Waals surface area contributed by atoms with Crippen LogP contribution in [0.25, 0.3) is 0 Å². The van der Waals surface area contributed by atoms with E-state index in [-0.39, 0.29) is 0 Å². The van der Waals surface area contributed by atoms with Crippen molar-refractivity contribution in [3.63, 3.8) is 0 Å². The van der Waals surface area contributed by atoms with Crippen LogP contribution >= 0.6 is 11.3 Å². The van der Waals surface area contributed by atoms with E-state index in [4.69, 9.17) is 5.73 Å². The lowest BCUT2D eigenvalue weighted by atomic mass is 10.1. The maximum atomic E-state index is 5.63. The minimum Gasteiger partial charge on any atom is -0.399 e. The lowest BCUT2D eigenvalue weighted by Gasteiger charge is -1.99. The van der Waals surface area contributed by atoms with E-state index in [1.54, 1.807) is 11.3 Å². The predicted molar refractivity (Wildman–Crippen MR) is 62.7 cm³/mol.